The Kier molecular flexibility index (Phi) is 6.00. The van der Waals surface area contributed by atoms with Gasteiger partial charge in [-0.25, -0.2) is 4.39 Å². The van der Waals surface area contributed by atoms with Crippen molar-refractivity contribution >= 4 is 0 Å². The lowest BCUT2D eigenvalue weighted by Crippen LogP contribution is -2.44. The van der Waals surface area contributed by atoms with Gasteiger partial charge in [0.05, 0.1) is 7.11 Å². The number of nitrogens with zero attached hydrogens (tertiary/aromatic N) is 1. The first kappa shape index (κ1) is 16.2. The van der Waals surface area contributed by atoms with Crippen LogP contribution in [-0.2, 0) is 6.54 Å². The second-order valence-electron chi connectivity index (χ2n) is 5.84. The Bertz CT molecular complexity index is 452. The monoisotopic (exact) mass is 294 g/mol. The Morgan fingerprint density at radius 1 is 1.33 bits per heavy atom. The minimum Gasteiger partial charge on any atom is -0.494 e. The van der Waals surface area contributed by atoms with Gasteiger partial charge in [-0.1, -0.05) is 31.9 Å². The lowest BCUT2D eigenvalue weighted by atomic mass is 9.83. The van der Waals surface area contributed by atoms with Crippen LogP contribution in [0.3, 0.4) is 0 Å². The second-order valence-corrected chi connectivity index (χ2v) is 5.84. The lowest BCUT2D eigenvalue weighted by molar-refractivity contribution is 0.104. The van der Waals surface area contributed by atoms with Gasteiger partial charge in [-0.05, 0) is 37.9 Å². The summed E-state index contributed by atoms with van der Waals surface area (Å²) in [4.78, 5) is 2.37. The summed E-state index contributed by atoms with van der Waals surface area (Å²) >= 11 is 0. The summed E-state index contributed by atoms with van der Waals surface area (Å²) in [5.74, 6) is 0.619. The predicted molar refractivity (Wildman–Crippen MR) is 83.8 cm³/mol. The van der Waals surface area contributed by atoms with Gasteiger partial charge in [0, 0.05) is 18.2 Å². The molecule has 118 valence electrons. The van der Waals surface area contributed by atoms with E-state index in [1.54, 1.807) is 6.07 Å². The van der Waals surface area contributed by atoms with Crippen molar-refractivity contribution in [1.29, 1.82) is 0 Å². The van der Waals surface area contributed by atoms with Crippen LogP contribution < -0.4 is 10.5 Å². The molecule has 1 aromatic rings. The molecule has 3 nitrogen and oxygen atoms in total. The maximum Gasteiger partial charge on any atom is 0.169 e. The van der Waals surface area contributed by atoms with Crippen molar-refractivity contribution in [3.05, 3.63) is 29.6 Å². The summed E-state index contributed by atoms with van der Waals surface area (Å²) < 4.78 is 19.4. The molecule has 1 aliphatic carbocycles. The quantitative estimate of drug-likeness (QED) is 0.876. The van der Waals surface area contributed by atoms with Crippen molar-refractivity contribution in [2.75, 3.05) is 20.2 Å². The molecule has 0 bridgehead atoms. The van der Waals surface area contributed by atoms with Gasteiger partial charge in [-0.3, -0.25) is 4.90 Å². The minimum absolute atomic E-state index is 0.237. The number of nitrogens with two attached hydrogens (primary N) is 1. The van der Waals surface area contributed by atoms with Crippen molar-refractivity contribution < 1.29 is 9.13 Å². The Balaban J connectivity index is 2.15. The highest BCUT2D eigenvalue weighted by atomic mass is 19.1. The van der Waals surface area contributed by atoms with Crippen molar-refractivity contribution in [2.45, 2.75) is 45.2 Å². The molecule has 1 saturated carbocycles. The molecular weight excluding hydrogens is 267 g/mol. The Labute approximate surface area is 127 Å². The fourth-order valence-electron chi connectivity index (χ4n) is 3.46. The zero-order chi connectivity index (χ0) is 15.2. The third kappa shape index (κ3) is 3.74. The fraction of sp³-hybridized carbons (Fsp3) is 0.647. The summed E-state index contributed by atoms with van der Waals surface area (Å²) in [6.45, 7) is 4.40. The van der Waals surface area contributed by atoms with Crippen LogP contribution in [0, 0.1) is 11.7 Å². The van der Waals surface area contributed by atoms with Crippen molar-refractivity contribution in [1.82, 2.24) is 4.90 Å². The highest BCUT2D eigenvalue weighted by Gasteiger charge is 2.29. The van der Waals surface area contributed by atoms with E-state index in [4.69, 9.17) is 10.5 Å². The molecule has 0 aliphatic heterocycles. The standard InChI is InChI=1S/C17H27FN2O/c1-3-20(15-9-5-4-7-13(15)11-19)12-14-8-6-10-16(21-2)17(14)18/h6,8,10,13,15H,3-5,7,9,11-12,19H2,1-2H3. The van der Waals surface area contributed by atoms with Crippen LogP contribution in [0.5, 0.6) is 5.75 Å². The van der Waals surface area contributed by atoms with Gasteiger partial charge in [0.1, 0.15) is 0 Å². The van der Waals surface area contributed by atoms with E-state index in [0.29, 0.717) is 29.8 Å². The third-order valence-corrected chi connectivity index (χ3v) is 4.68. The molecule has 0 amide bonds. The lowest BCUT2D eigenvalue weighted by Gasteiger charge is -2.39. The average molecular weight is 294 g/mol. The molecule has 2 N–H and O–H groups in total. The van der Waals surface area contributed by atoms with E-state index < -0.39 is 0 Å². The van der Waals surface area contributed by atoms with Crippen LogP contribution in [0.4, 0.5) is 4.39 Å². The Hall–Kier alpha value is -1.13. The van der Waals surface area contributed by atoms with Crippen LogP contribution in [0.2, 0.25) is 0 Å². The summed E-state index contributed by atoms with van der Waals surface area (Å²) in [6, 6.07) is 5.84. The summed E-state index contributed by atoms with van der Waals surface area (Å²) in [5, 5.41) is 0. The number of benzene rings is 1. The Morgan fingerprint density at radius 2 is 2.10 bits per heavy atom. The predicted octanol–water partition coefficient (Wildman–Crippen LogP) is 3.17. The molecule has 0 spiro atoms. The van der Waals surface area contributed by atoms with Gasteiger partial charge in [-0.2, -0.15) is 0 Å². The van der Waals surface area contributed by atoms with E-state index in [0.717, 1.165) is 13.1 Å². The van der Waals surface area contributed by atoms with Crippen LogP contribution in [0.25, 0.3) is 0 Å². The third-order valence-electron chi connectivity index (χ3n) is 4.68. The molecule has 0 aromatic heterocycles. The highest BCUT2D eigenvalue weighted by Crippen LogP contribution is 2.30. The maximum atomic E-state index is 14.3. The molecule has 1 aliphatic rings. The van der Waals surface area contributed by atoms with Crippen molar-refractivity contribution in [3.63, 3.8) is 0 Å². The molecule has 2 rings (SSSR count). The average Bonchev–Trinajstić information content (AvgIpc) is 2.54. The van der Waals surface area contributed by atoms with E-state index in [2.05, 4.69) is 11.8 Å². The van der Waals surface area contributed by atoms with E-state index in [9.17, 15) is 4.39 Å². The fourth-order valence-corrected chi connectivity index (χ4v) is 3.46. The largest absolute Gasteiger partial charge is 0.494 e. The number of methoxy groups -OCH3 is 1. The minimum atomic E-state index is -0.237. The number of rotatable bonds is 6. The molecule has 0 heterocycles. The topological polar surface area (TPSA) is 38.5 Å². The number of hydrogen-bond donors (Lipinski definition) is 1. The smallest absolute Gasteiger partial charge is 0.169 e. The zero-order valence-corrected chi connectivity index (χ0v) is 13.1. The molecule has 2 atom stereocenters. The van der Waals surface area contributed by atoms with Gasteiger partial charge in [0.2, 0.25) is 0 Å². The first-order valence-corrected chi connectivity index (χ1v) is 7.96. The van der Waals surface area contributed by atoms with Gasteiger partial charge in [0.25, 0.3) is 0 Å². The van der Waals surface area contributed by atoms with Crippen LogP contribution >= 0.6 is 0 Å². The number of halogens is 1. The second kappa shape index (κ2) is 7.76. The van der Waals surface area contributed by atoms with Crippen LogP contribution in [-0.4, -0.2) is 31.1 Å². The molecule has 21 heavy (non-hydrogen) atoms. The van der Waals surface area contributed by atoms with Gasteiger partial charge >= 0.3 is 0 Å². The molecule has 2 unspecified atom stereocenters. The molecule has 1 fully saturated rings. The van der Waals surface area contributed by atoms with Gasteiger partial charge < -0.3 is 10.5 Å². The molecule has 4 heteroatoms. The zero-order valence-electron chi connectivity index (χ0n) is 13.1. The van der Waals surface area contributed by atoms with Crippen LogP contribution in [0.1, 0.15) is 38.2 Å². The molecule has 1 aromatic carbocycles. The summed E-state index contributed by atoms with van der Waals surface area (Å²) in [7, 11) is 1.51. The molecule has 0 radical (unpaired) electrons. The number of hydrogen-bond acceptors (Lipinski definition) is 3. The van der Waals surface area contributed by atoms with E-state index in [-0.39, 0.29) is 5.82 Å². The van der Waals surface area contributed by atoms with Crippen LogP contribution in [0.15, 0.2) is 18.2 Å². The first-order valence-electron chi connectivity index (χ1n) is 7.96. The SMILES string of the molecule is CCN(Cc1cccc(OC)c1F)C1CCCCC1CN. The number of ether oxygens (including phenoxy) is 1. The highest BCUT2D eigenvalue weighted by molar-refractivity contribution is 5.31. The summed E-state index contributed by atoms with van der Waals surface area (Å²) in [5.41, 5.74) is 6.64. The molecular formula is C17H27FN2O. The van der Waals surface area contributed by atoms with Crippen molar-refractivity contribution in [3.8, 4) is 5.75 Å². The van der Waals surface area contributed by atoms with E-state index in [1.807, 2.05) is 12.1 Å². The van der Waals surface area contributed by atoms with Gasteiger partial charge in [-0.15, -0.1) is 0 Å². The molecule has 0 saturated heterocycles. The van der Waals surface area contributed by atoms with Crippen molar-refractivity contribution in [2.24, 2.45) is 11.7 Å². The van der Waals surface area contributed by atoms with Gasteiger partial charge in [0.15, 0.2) is 11.6 Å². The van der Waals surface area contributed by atoms with E-state index in [1.165, 1.54) is 32.8 Å². The Morgan fingerprint density at radius 3 is 2.76 bits per heavy atom. The summed E-state index contributed by atoms with van der Waals surface area (Å²) in [6.07, 6.45) is 4.88. The maximum absolute atomic E-state index is 14.3. The van der Waals surface area contributed by atoms with E-state index >= 15 is 0 Å². The normalized spacial score (nSPS) is 22.5. The first-order chi connectivity index (χ1) is 10.2.